The minimum absolute atomic E-state index is 0.112. The van der Waals surface area contributed by atoms with Crippen molar-refractivity contribution in [2.24, 2.45) is 0 Å². The number of carbonyl (C=O) groups excluding carboxylic acids is 1. The number of carbonyl (C=O) groups is 1. The van der Waals surface area contributed by atoms with Crippen LogP contribution in [0.4, 0.5) is 4.39 Å². The van der Waals surface area contributed by atoms with Crippen LogP contribution in [0.5, 0.6) is 0 Å². The Bertz CT molecular complexity index is 1040. The summed E-state index contributed by atoms with van der Waals surface area (Å²) in [7, 11) is -4.01. The molecule has 0 aliphatic heterocycles. The maximum atomic E-state index is 13.1. The molecule has 3 aromatic rings. The maximum Gasteiger partial charge on any atom is 0.241 e. The Labute approximate surface area is 168 Å². The zero-order chi connectivity index (χ0) is 20.7. The van der Waals surface area contributed by atoms with Crippen LogP contribution in [0, 0.1) is 5.82 Å². The van der Waals surface area contributed by atoms with Crippen LogP contribution >= 0.6 is 0 Å². The smallest absolute Gasteiger partial charge is 0.241 e. The van der Waals surface area contributed by atoms with Gasteiger partial charge < -0.3 is 5.32 Å². The average Bonchev–Trinajstić information content (AvgIpc) is 2.73. The van der Waals surface area contributed by atoms with E-state index < -0.39 is 27.8 Å². The van der Waals surface area contributed by atoms with Crippen molar-refractivity contribution in [2.75, 3.05) is 0 Å². The normalized spacial score (nSPS) is 12.3. The van der Waals surface area contributed by atoms with Gasteiger partial charge in [0.15, 0.2) is 0 Å². The predicted octanol–water partition coefficient (Wildman–Crippen LogP) is 2.43. The lowest BCUT2D eigenvalue weighted by Gasteiger charge is -2.19. The highest BCUT2D eigenvalue weighted by Crippen LogP contribution is 2.12. The number of hydrogen-bond acceptors (Lipinski definition) is 4. The second-order valence-electron chi connectivity index (χ2n) is 6.39. The number of pyridine rings is 1. The number of amides is 1. The van der Waals surface area contributed by atoms with E-state index in [1.807, 2.05) is 30.3 Å². The first-order valence-electron chi connectivity index (χ1n) is 8.92. The van der Waals surface area contributed by atoms with Gasteiger partial charge in [0.05, 0.1) is 4.90 Å². The summed E-state index contributed by atoms with van der Waals surface area (Å²) in [5, 5.41) is 2.75. The van der Waals surface area contributed by atoms with Crippen molar-refractivity contribution in [1.29, 1.82) is 0 Å². The number of nitrogens with one attached hydrogen (secondary N) is 2. The van der Waals surface area contributed by atoms with E-state index >= 15 is 0 Å². The molecule has 2 aromatic carbocycles. The Kier molecular flexibility index (Phi) is 6.69. The zero-order valence-electron chi connectivity index (χ0n) is 15.5. The van der Waals surface area contributed by atoms with Gasteiger partial charge in [-0.25, -0.2) is 12.8 Å². The van der Waals surface area contributed by atoms with Gasteiger partial charge in [0.2, 0.25) is 15.9 Å². The van der Waals surface area contributed by atoms with Crippen molar-refractivity contribution >= 4 is 15.9 Å². The first kappa shape index (κ1) is 20.6. The first-order chi connectivity index (χ1) is 13.9. The van der Waals surface area contributed by atoms with Gasteiger partial charge in [-0.2, -0.15) is 4.72 Å². The van der Waals surface area contributed by atoms with E-state index in [1.165, 1.54) is 0 Å². The average molecular weight is 413 g/mol. The van der Waals surface area contributed by atoms with Crippen molar-refractivity contribution < 1.29 is 17.6 Å². The minimum atomic E-state index is -4.01. The molecule has 29 heavy (non-hydrogen) atoms. The molecule has 1 heterocycles. The van der Waals surface area contributed by atoms with Gasteiger partial charge in [-0.1, -0.05) is 30.3 Å². The largest absolute Gasteiger partial charge is 0.351 e. The molecule has 0 unspecified atom stereocenters. The molecule has 1 amide bonds. The lowest BCUT2D eigenvalue weighted by molar-refractivity contribution is -0.122. The molecule has 0 fully saturated rings. The van der Waals surface area contributed by atoms with E-state index in [1.54, 1.807) is 24.5 Å². The molecule has 3 rings (SSSR count). The van der Waals surface area contributed by atoms with Crippen molar-refractivity contribution in [3.8, 4) is 0 Å². The molecular formula is C21H20FN3O3S. The molecule has 6 nitrogen and oxygen atoms in total. The number of hydrogen-bond donors (Lipinski definition) is 2. The highest BCUT2D eigenvalue weighted by Gasteiger charge is 2.26. The molecule has 150 valence electrons. The summed E-state index contributed by atoms with van der Waals surface area (Å²) in [6.45, 7) is 0.241. The quantitative estimate of drug-likeness (QED) is 0.594. The van der Waals surface area contributed by atoms with Gasteiger partial charge >= 0.3 is 0 Å². The summed E-state index contributed by atoms with van der Waals surface area (Å²) in [4.78, 5) is 16.6. The van der Waals surface area contributed by atoms with Crippen LogP contribution < -0.4 is 10.0 Å². The summed E-state index contributed by atoms with van der Waals surface area (Å²) in [6.07, 6.45) is 3.39. The minimum Gasteiger partial charge on any atom is -0.351 e. The lowest BCUT2D eigenvalue weighted by atomic mass is 10.1. The zero-order valence-corrected chi connectivity index (χ0v) is 16.3. The van der Waals surface area contributed by atoms with Gasteiger partial charge in [0, 0.05) is 18.9 Å². The maximum absolute atomic E-state index is 13.1. The van der Waals surface area contributed by atoms with E-state index in [4.69, 9.17) is 0 Å². The molecule has 0 spiro atoms. The van der Waals surface area contributed by atoms with Crippen LogP contribution in [-0.4, -0.2) is 25.4 Å². The third-order valence-corrected chi connectivity index (χ3v) is 5.72. The van der Waals surface area contributed by atoms with Gasteiger partial charge in [0.1, 0.15) is 11.9 Å². The Morgan fingerprint density at radius 3 is 2.24 bits per heavy atom. The van der Waals surface area contributed by atoms with Crippen molar-refractivity contribution in [1.82, 2.24) is 15.0 Å². The van der Waals surface area contributed by atoms with E-state index in [0.717, 1.165) is 35.4 Å². The molecule has 2 N–H and O–H groups in total. The van der Waals surface area contributed by atoms with Gasteiger partial charge in [-0.15, -0.1) is 0 Å². The Morgan fingerprint density at radius 1 is 0.931 bits per heavy atom. The molecule has 8 heteroatoms. The third kappa shape index (κ3) is 5.94. The number of sulfonamides is 1. The Morgan fingerprint density at radius 2 is 1.59 bits per heavy atom. The first-order valence-corrected chi connectivity index (χ1v) is 10.4. The molecule has 0 saturated heterocycles. The lowest BCUT2D eigenvalue weighted by Crippen LogP contribution is -2.47. The van der Waals surface area contributed by atoms with Crippen LogP contribution in [0.15, 0.2) is 84.0 Å². The summed E-state index contributed by atoms with van der Waals surface area (Å²) >= 11 is 0. The monoisotopic (exact) mass is 413 g/mol. The molecule has 0 radical (unpaired) electrons. The van der Waals surface area contributed by atoms with E-state index in [0.29, 0.717) is 0 Å². The SMILES string of the molecule is O=C(NCc1ccncc1)[C@H](Cc1ccccc1)NS(=O)(=O)c1ccc(F)cc1. The predicted molar refractivity (Wildman–Crippen MR) is 107 cm³/mol. The highest BCUT2D eigenvalue weighted by molar-refractivity contribution is 7.89. The molecule has 0 aliphatic rings. The fourth-order valence-electron chi connectivity index (χ4n) is 2.72. The summed E-state index contributed by atoms with van der Waals surface area (Å²) in [6, 6.07) is 16.0. The van der Waals surface area contributed by atoms with Gasteiger partial charge in [0.25, 0.3) is 0 Å². The number of halogens is 1. The molecule has 0 bridgehead atoms. The Balaban J connectivity index is 1.78. The van der Waals surface area contributed by atoms with Crippen molar-refractivity contribution in [3.05, 3.63) is 96.1 Å². The van der Waals surface area contributed by atoms with Crippen LogP contribution in [-0.2, 0) is 27.8 Å². The van der Waals surface area contributed by atoms with Crippen LogP contribution in [0.2, 0.25) is 0 Å². The van der Waals surface area contributed by atoms with Gasteiger partial charge in [-0.05, 0) is 53.9 Å². The highest BCUT2D eigenvalue weighted by atomic mass is 32.2. The second-order valence-corrected chi connectivity index (χ2v) is 8.10. The summed E-state index contributed by atoms with van der Waals surface area (Å²) in [5.41, 5.74) is 1.64. The fraction of sp³-hybridized carbons (Fsp3) is 0.143. The number of rotatable bonds is 8. The van der Waals surface area contributed by atoms with Crippen LogP contribution in [0.1, 0.15) is 11.1 Å². The second kappa shape index (κ2) is 9.40. The molecular weight excluding hydrogens is 393 g/mol. The van der Waals surface area contributed by atoms with Crippen molar-refractivity contribution in [2.45, 2.75) is 23.9 Å². The molecule has 0 saturated carbocycles. The molecule has 0 aliphatic carbocycles. The number of nitrogens with zero attached hydrogens (tertiary/aromatic N) is 1. The topological polar surface area (TPSA) is 88.2 Å². The summed E-state index contributed by atoms with van der Waals surface area (Å²) < 4.78 is 41.0. The third-order valence-electron chi connectivity index (χ3n) is 4.24. The van der Waals surface area contributed by atoms with E-state index in [-0.39, 0.29) is 17.9 Å². The molecule has 1 aromatic heterocycles. The number of benzene rings is 2. The standard InChI is InChI=1S/C21H20FN3O3S/c22-18-6-8-19(9-7-18)29(27,28)25-20(14-16-4-2-1-3-5-16)21(26)24-15-17-10-12-23-13-11-17/h1-13,20,25H,14-15H2,(H,24,26)/t20-/m0/s1. The van der Waals surface area contributed by atoms with E-state index in [9.17, 15) is 17.6 Å². The van der Waals surface area contributed by atoms with Crippen LogP contribution in [0.25, 0.3) is 0 Å². The summed E-state index contributed by atoms with van der Waals surface area (Å²) in [5.74, 6) is -1.00. The number of aromatic nitrogens is 1. The van der Waals surface area contributed by atoms with Crippen LogP contribution in [0.3, 0.4) is 0 Å². The van der Waals surface area contributed by atoms with Gasteiger partial charge in [-0.3, -0.25) is 9.78 Å². The fourth-order valence-corrected chi connectivity index (χ4v) is 3.92. The van der Waals surface area contributed by atoms with Crippen molar-refractivity contribution in [3.63, 3.8) is 0 Å². The van der Waals surface area contributed by atoms with E-state index in [2.05, 4.69) is 15.0 Å². The molecule has 1 atom stereocenters. The Hall–Kier alpha value is -3.10.